The molecule has 2 atom stereocenters. The van der Waals surface area contributed by atoms with Crippen LogP contribution in [0.2, 0.25) is 5.02 Å². The van der Waals surface area contributed by atoms with E-state index < -0.39 is 0 Å². The molecule has 88 valence electrons. The zero-order valence-corrected chi connectivity index (χ0v) is 10.1. The van der Waals surface area contributed by atoms with E-state index in [1.165, 1.54) is 0 Å². The average molecular weight is 243 g/mol. The van der Waals surface area contributed by atoms with Crippen molar-refractivity contribution in [1.29, 1.82) is 0 Å². The third-order valence-electron chi connectivity index (χ3n) is 2.67. The van der Waals surface area contributed by atoms with Crippen molar-refractivity contribution in [2.75, 3.05) is 24.3 Å². The van der Waals surface area contributed by atoms with Gasteiger partial charge >= 0.3 is 0 Å². The fourth-order valence-electron chi connectivity index (χ4n) is 1.69. The predicted octanol–water partition coefficient (Wildman–Crippen LogP) is 1.76. The molecule has 0 saturated carbocycles. The Labute approximate surface area is 99.6 Å². The highest BCUT2D eigenvalue weighted by Gasteiger charge is 2.25. The first kappa shape index (κ1) is 11.4. The maximum absolute atomic E-state index is 6.02. The topological polar surface area (TPSA) is 59.1 Å². The molecular formula is C10H15ClN4O. The molecule has 0 aliphatic carbocycles. The molecule has 0 radical (unpaired) electrons. The van der Waals surface area contributed by atoms with Gasteiger partial charge in [0.25, 0.3) is 0 Å². The molecule has 0 spiro atoms. The highest BCUT2D eigenvalue weighted by atomic mass is 35.5. The van der Waals surface area contributed by atoms with Crippen LogP contribution in [0, 0.1) is 0 Å². The number of nitrogens with one attached hydrogen (secondary N) is 2. The van der Waals surface area contributed by atoms with Gasteiger partial charge in [-0.2, -0.15) is 4.98 Å². The monoisotopic (exact) mass is 242 g/mol. The maximum Gasteiger partial charge on any atom is 0.224 e. The van der Waals surface area contributed by atoms with Crippen molar-refractivity contribution in [3.8, 4) is 0 Å². The van der Waals surface area contributed by atoms with E-state index in [0.717, 1.165) is 13.0 Å². The lowest BCUT2D eigenvalue weighted by Crippen LogP contribution is -2.27. The quantitative estimate of drug-likeness (QED) is 0.846. The van der Waals surface area contributed by atoms with Gasteiger partial charge in [-0.25, -0.2) is 4.98 Å². The van der Waals surface area contributed by atoms with E-state index in [1.807, 2.05) is 6.92 Å². The highest BCUT2D eigenvalue weighted by Crippen LogP contribution is 2.23. The average Bonchev–Trinajstić information content (AvgIpc) is 2.68. The Morgan fingerprint density at radius 1 is 1.56 bits per heavy atom. The summed E-state index contributed by atoms with van der Waals surface area (Å²) in [5, 5.41) is 6.69. The lowest BCUT2D eigenvalue weighted by molar-refractivity contribution is 0.121. The highest BCUT2D eigenvalue weighted by molar-refractivity contribution is 6.32. The molecule has 2 heterocycles. The van der Waals surface area contributed by atoms with E-state index in [9.17, 15) is 0 Å². The van der Waals surface area contributed by atoms with Crippen molar-refractivity contribution < 1.29 is 4.74 Å². The number of hydrogen-bond donors (Lipinski definition) is 2. The minimum absolute atomic E-state index is 0.184. The Morgan fingerprint density at radius 2 is 2.38 bits per heavy atom. The number of aromatic nitrogens is 2. The first-order valence-electron chi connectivity index (χ1n) is 5.29. The second kappa shape index (κ2) is 4.84. The number of rotatable bonds is 3. The Bertz CT molecular complexity index is 374. The van der Waals surface area contributed by atoms with Crippen LogP contribution in [-0.4, -0.2) is 35.8 Å². The largest absolute Gasteiger partial charge is 0.376 e. The van der Waals surface area contributed by atoms with Crippen LogP contribution in [0.3, 0.4) is 0 Å². The van der Waals surface area contributed by atoms with Crippen LogP contribution in [0.5, 0.6) is 0 Å². The van der Waals surface area contributed by atoms with E-state index >= 15 is 0 Å². The molecule has 1 fully saturated rings. The fourth-order valence-corrected chi connectivity index (χ4v) is 1.83. The summed E-state index contributed by atoms with van der Waals surface area (Å²) in [5.74, 6) is 1.21. The van der Waals surface area contributed by atoms with E-state index in [2.05, 4.69) is 20.6 Å². The zero-order chi connectivity index (χ0) is 11.5. The van der Waals surface area contributed by atoms with E-state index in [-0.39, 0.29) is 12.1 Å². The van der Waals surface area contributed by atoms with Crippen LogP contribution >= 0.6 is 11.6 Å². The van der Waals surface area contributed by atoms with Gasteiger partial charge in [-0.15, -0.1) is 0 Å². The molecule has 2 N–H and O–H groups in total. The minimum Gasteiger partial charge on any atom is -0.376 e. The van der Waals surface area contributed by atoms with E-state index in [4.69, 9.17) is 16.3 Å². The molecular weight excluding hydrogens is 228 g/mol. The van der Waals surface area contributed by atoms with Gasteiger partial charge in [0.1, 0.15) is 5.02 Å². The van der Waals surface area contributed by atoms with Gasteiger partial charge < -0.3 is 15.4 Å². The van der Waals surface area contributed by atoms with Gasteiger partial charge in [0.15, 0.2) is 5.82 Å². The smallest absolute Gasteiger partial charge is 0.224 e. The summed E-state index contributed by atoms with van der Waals surface area (Å²) in [5.41, 5.74) is 0. The molecule has 6 heteroatoms. The number of anilines is 2. The predicted molar refractivity (Wildman–Crippen MR) is 64.0 cm³/mol. The summed E-state index contributed by atoms with van der Waals surface area (Å²) in [6.07, 6.45) is 2.74. The molecule has 1 saturated heterocycles. The van der Waals surface area contributed by atoms with Crippen molar-refractivity contribution in [1.82, 2.24) is 9.97 Å². The summed E-state index contributed by atoms with van der Waals surface area (Å²) >= 11 is 6.02. The lowest BCUT2D eigenvalue weighted by Gasteiger charge is -2.17. The zero-order valence-electron chi connectivity index (χ0n) is 9.33. The maximum atomic E-state index is 6.02. The second-order valence-corrected chi connectivity index (χ2v) is 4.16. The van der Waals surface area contributed by atoms with E-state index in [0.29, 0.717) is 16.8 Å². The third-order valence-corrected chi connectivity index (χ3v) is 2.94. The molecule has 0 bridgehead atoms. The Balaban J connectivity index is 2.13. The van der Waals surface area contributed by atoms with Crippen molar-refractivity contribution >= 4 is 23.4 Å². The number of hydrogen-bond acceptors (Lipinski definition) is 5. The van der Waals surface area contributed by atoms with Crippen LogP contribution in [0.25, 0.3) is 0 Å². The van der Waals surface area contributed by atoms with E-state index in [1.54, 1.807) is 13.2 Å². The number of nitrogens with zero attached hydrogens (tertiary/aromatic N) is 2. The Kier molecular flexibility index (Phi) is 3.46. The summed E-state index contributed by atoms with van der Waals surface area (Å²) in [4.78, 5) is 8.29. The molecule has 1 aromatic rings. The van der Waals surface area contributed by atoms with Crippen LogP contribution in [-0.2, 0) is 4.74 Å². The van der Waals surface area contributed by atoms with Gasteiger partial charge in [-0.1, -0.05) is 11.6 Å². The molecule has 1 aliphatic rings. The van der Waals surface area contributed by atoms with Crippen LogP contribution in [0.1, 0.15) is 13.3 Å². The van der Waals surface area contributed by atoms with Gasteiger partial charge in [0.05, 0.1) is 18.3 Å². The SMILES string of the molecule is CNc1ncc(Cl)c(NC2CCOC2C)n1. The molecule has 5 nitrogen and oxygen atoms in total. The third kappa shape index (κ3) is 2.36. The van der Waals surface area contributed by atoms with Gasteiger partial charge in [-0.3, -0.25) is 0 Å². The normalized spacial score (nSPS) is 24.4. The number of halogens is 1. The molecule has 0 aromatic carbocycles. The van der Waals surface area contributed by atoms with Gasteiger partial charge in [0, 0.05) is 13.7 Å². The number of ether oxygens (including phenoxy) is 1. The Morgan fingerprint density at radius 3 is 3.00 bits per heavy atom. The summed E-state index contributed by atoms with van der Waals surface area (Å²) < 4.78 is 5.47. The van der Waals surface area contributed by atoms with Crippen LogP contribution < -0.4 is 10.6 Å². The van der Waals surface area contributed by atoms with Gasteiger partial charge in [-0.05, 0) is 13.3 Å². The van der Waals surface area contributed by atoms with Crippen molar-refractivity contribution in [3.63, 3.8) is 0 Å². The van der Waals surface area contributed by atoms with Crippen molar-refractivity contribution in [2.24, 2.45) is 0 Å². The molecule has 2 unspecified atom stereocenters. The Hall–Kier alpha value is -1.07. The molecule has 2 rings (SSSR count). The molecule has 1 aromatic heterocycles. The summed E-state index contributed by atoms with van der Waals surface area (Å²) in [6, 6.07) is 0.261. The first-order valence-corrected chi connectivity index (χ1v) is 5.67. The van der Waals surface area contributed by atoms with Gasteiger partial charge in [0.2, 0.25) is 5.95 Å². The minimum atomic E-state index is 0.184. The van der Waals surface area contributed by atoms with Crippen LogP contribution in [0.4, 0.5) is 11.8 Å². The summed E-state index contributed by atoms with van der Waals surface area (Å²) in [7, 11) is 1.77. The fraction of sp³-hybridized carbons (Fsp3) is 0.600. The molecule has 1 aliphatic heterocycles. The molecule has 0 amide bonds. The standard InChI is InChI=1S/C10H15ClN4O/c1-6-8(3-4-16-6)14-9-7(11)5-13-10(12-2)15-9/h5-6,8H,3-4H2,1-2H3,(H2,12,13,14,15). The van der Waals surface area contributed by atoms with Crippen molar-refractivity contribution in [2.45, 2.75) is 25.5 Å². The second-order valence-electron chi connectivity index (χ2n) is 3.76. The molecule has 16 heavy (non-hydrogen) atoms. The summed E-state index contributed by atoms with van der Waals surface area (Å²) in [6.45, 7) is 2.82. The lowest BCUT2D eigenvalue weighted by atomic mass is 10.1. The van der Waals surface area contributed by atoms with Crippen molar-refractivity contribution in [3.05, 3.63) is 11.2 Å². The van der Waals surface area contributed by atoms with Crippen LogP contribution in [0.15, 0.2) is 6.20 Å². The first-order chi connectivity index (χ1) is 7.70.